The van der Waals surface area contributed by atoms with Gasteiger partial charge in [0.25, 0.3) is 0 Å². The van der Waals surface area contributed by atoms with Gasteiger partial charge in [-0.25, -0.2) is 0 Å². The van der Waals surface area contributed by atoms with Crippen LogP contribution in [0.4, 0.5) is 8.78 Å². The zero-order valence-corrected chi connectivity index (χ0v) is 16.2. The highest BCUT2D eigenvalue weighted by atomic mass is 19.3. The Balaban J connectivity index is 1.97. The van der Waals surface area contributed by atoms with Gasteiger partial charge in [-0.3, -0.25) is 4.99 Å². The average Bonchev–Trinajstić information content (AvgIpc) is 3.07. The smallest absolute Gasteiger partial charge is 0.387 e. The minimum Gasteiger partial charge on any atom is -0.493 e. The summed E-state index contributed by atoms with van der Waals surface area (Å²) < 4.78 is 41.4. The van der Waals surface area contributed by atoms with Crippen LogP contribution in [0.25, 0.3) is 0 Å². The molecule has 1 saturated heterocycles. The lowest BCUT2D eigenvalue weighted by molar-refractivity contribution is -0.0505. The molecule has 152 valence electrons. The largest absolute Gasteiger partial charge is 0.493 e. The van der Waals surface area contributed by atoms with Gasteiger partial charge in [-0.05, 0) is 38.3 Å². The van der Waals surface area contributed by atoms with Crippen LogP contribution < -0.4 is 20.1 Å². The molecule has 1 heterocycles. The Bertz CT molecular complexity index is 620. The van der Waals surface area contributed by atoms with Crippen molar-refractivity contribution in [3.63, 3.8) is 0 Å². The molecule has 0 saturated carbocycles. The number of rotatable bonds is 9. The fraction of sp³-hybridized carbons (Fsp3) is 0.632. The Morgan fingerprint density at radius 2 is 2.19 bits per heavy atom. The van der Waals surface area contributed by atoms with Gasteiger partial charge < -0.3 is 24.8 Å². The Morgan fingerprint density at radius 3 is 2.81 bits per heavy atom. The molecule has 1 unspecified atom stereocenters. The molecule has 1 aliphatic rings. The standard InChI is InChI=1S/C19H29F2N3O3/c1-4-9-25-15-7-6-14(16(11-15)27-17(20)21)12-23-18(22-3)24-13-19(2)8-5-10-26-19/h6-7,11,17H,4-5,8-10,12-13H2,1-3H3,(H2,22,23,24). The number of halogens is 2. The second-order valence-corrected chi connectivity index (χ2v) is 6.68. The number of guanidine groups is 1. The molecule has 0 aliphatic carbocycles. The quantitative estimate of drug-likeness (QED) is 0.504. The van der Waals surface area contributed by atoms with E-state index in [0.717, 1.165) is 25.9 Å². The lowest BCUT2D eigenvalue weighted by Crippen LogP contribution is -2.45. The molecule has 0 bridgehead atoms. The summed E-state index contributed by atoms with van der Waals surface area (Å²) >= 11 is 0. The van der Waals surface area contributed by atoms with E-state index < -0.39 is 6.61 Å². The number of benzene rings is 1. The first kappa shape index (κ1) is 21.2. The van der Waals surface area contributed by atoms with Gasteiger partial charge in [-0.2, -0.15) is 8.78 Å². The fourth-order valence-corrected chi connectivity index (χ4v) is 2.84. The third kappa shape index (κ3) is 6.86. The van der Waals surface area contributed by atoms with Gasteiger partial charge in [-0.1, -0.05) is 6.92 Å². The van der Waals surface area contributed by atoms with Crippen LogP contribution in [0.5, 0.6) is 11.5 Å². The second-order valence-electron chi connectivity index (χ2n) is 6.68. The Hall–Kier alpha value is -2.09. The highest BCUT2D eigenvalue weighted by Gasteiger charge is 2.29. The van der Waals surface area contributed by atoms with Crippen molar-refractivity contribution in [2.24, 2.45) is 4.99 Å². The first-order chi connectivity index (χ1) is 13.0. The van der Waals surface area contributed by atoms with Gasteiger partial charge in [0.2, 0.25) is 0 Å². The van der Waals surface area contributed by atoms with Crippen LogP contribution in [0.2, 0.25) is 0 Å². The Kier molecular flexibility index (Phi) is 8.09. The van der Waals surface area contributed by atoms with E-state index in [1.165, 1.54) is 6.07 Å². The van der Waals surface area contributed by atoms with E-state index in [2.05, 4.69) is 27.3 Å². The van der Waals surface area contributed by atoms with Crippen molar-refractivity contribution in [3.05, 3.63) is 23.8 Å². The molecule has 1 atom stereocenters. The minimum atomic E-state index is -2.90. The van der Waals surface area contributed by atoms with E-state index in [-0.39, 0.29) is 17.9 Å². The van der Waals surface area contributed by atoms with Crippen molar-refractivity contribution in [1.29, 1.82) is 0 Å². The van der Waals surface area contributed by atoms with Gasteiger partial charge in [0.15, 0.2) is 5.96 Å². The van der Waals surface area contributed by atoms with Crippen LogP contribution in [0, 0.1) is 0 Å². The third-order valence-corrected chi connectivity index (χ3v) is 4.33. The monoisotopic (exact) mass is 385 g/mol. The fourth-order valence-electron chi connectivity index (χ4n) is 2.84. The molecular formula is C19H29F2N3O3. The van der Waals surface area contributed by atoms with Gasteiger partial charge in [0.05, 0.1) is 12.2 Å². The van der Waals surface area contributed by atoms with E-state index in [1.807, 2.05) is 6.92 Å². The lowest BCUT2D eigenvalue weighted by atomic mass is 10.0. The van der Waals surface area contributed by atoms with Gasteiger partial charge in [0, 0.05) is 38.4 Å². The van der Waals surface area contributed by atoms with Crippen LogP contribution in [-0.2, 0) is 11.3 Å². The van der Waals surface area contributed by atoms with E-state index in [0.29, 0.717) is 30.4 Å². The molecule has 6 nitrogen and oxygen atoms in total. The molecule has 0 aromatic heterocycles. The maximum absolute atomic E-state index is 12.8. The molecule has 0 spiro atoms. The Morgan fingerprint density at radius 1 is 1.37 bits per heavy atom. The summed E-state index contributed by atoms with van der Waals surface area (Å²) in [4.78, 5) is 4.17. The van der Waals surface area contributed by atoms with Crippen molar-refractivity contribution in [1.82, 2.24) is 10.6 Å². The summed E-state index contributed by atoms with van der Waals surface area (Å²) in [6.45, 7) is 3.33. The summed E-state index contributed by atoms with van der Waals surface area (Å²) in [6, 6.07) is 4.95. The number of alkyl halides is 2. The van der Waals surface area contributed by atoms with Crippen molar-refractivity contribution in [3.8, 4) is 11.5 Å². The highest BCUT2D eigenvalue weighted by molar-refractivity contribution is 5.79. The third-order valence-electron chi connectivity index (χ3n) is 4.33. The molecule has 0 radical (unpaired) electrons. The molecule has 27 heavy (non-hydrogen) atoms. The summed E-state index contributed by atoms with van der Waals surface area (Å²) in [5, 5.41) is 6.34. The molecule has 8 heteroatoms. The summed E-state index contributed by atoms with van der Waals surface area (Å²) in [5.41, 5.74) is 0.380. The number of hydrogen-bond acceptors (Lipinski definition) is 4. The van der Waals surface area contributed by atoms with Crippen LogP contribution in [0.15, 0.2) is 23.2 Å². The molecule has 0 amide bonds. The second kappa shape index (κ2) is 10.3. The normalized spacial score (nSPS) is 20.0. The van der Waals surface area contributed by atoms with Crippen molar-refractivity contribution < 1.29 is 23.0 Å². The number of aliphatic imine (C=N–C) groups is 1. The van der Waals surface area contributed by atoms with Gasteiger partial charge in [0.1, 0.15) is 11.5 Å². The summed E-state index contributed by atoms with van der Waals surface area (Å²) in [6.07, 6.45) is 2.87. The van der Waals surface area contributed by atoms with Crippen molar-refractivity contribution in [2.45, 2.75) is 51.9 Å². The van der Waals surface area contributed by atoms with Crippen LogP contribution in [-0.4, -0.2) is 45.0 Å². The molecule has 1 aromatic carbocycles. The van der Waals surface area contributed by atoms with Crippen LogP contribution in [0.3, 0.4) is 0 Å². The Labute approximate surface area is 159 Å². The highest BCUT2D eigenvalue weighted by Crippen LogP contribution is 2.27. The number of ether oxygens (including phenoxy) is 3. The summed E-state index contributed by atoms with van der Waals surface area (Å²) in [7, 11) is 1.66. The topological polar surface area (TPSA) is 64.1 Å². The van der Waals surface area contributed by atoms with Crippen molar-refractivity contribution in [2.75, 3.05) is 26.8 Å². The van der Waals surface area contributed by atoms with Gasteiger partial charge in [-0.15, -0.1) is 0 Å². The zero-order valence-electron chi connectivity index (χ0n) is 16.2. The molecule has 2 N–H and O–H groups in total. The predicted molar refractivity (Wildman–Crippen MR) is 101 cm³/mol. The first-order valence-corrected chi connectivity index (χ1v) is 9.25. The minimum absolute atomic E-state index is 0.0904. The SMILES string of the molecule is CCCOc1ccc(CNC(=NC)NCC2(C)CCCO2)c(OC(F)F)c1. The maximum Gasteiger partial charge on any atom is 0.387 e. The van der Waals surface area contributed by atoms with Crippen LogP contribution in [0.1, 0.15) is 38.7 Å². The zero-order chi connectivity index (χ0) is 19.7. The van der Waals surface area contributed by atoms with E-state index in [1.54, 1.807) is 19.2 Å². The van der Waals surface area contributed by atoms with Crippen LogP contribution >= 0.6 is 0 Å². The lowest BCUT2D eigenvalue weighted by Gasteiger charge is -2.24. The molecular weight excluding hydrogens is 356 g/mol. The number of nitrogens with zero attached hydrogens (tertiary/aromatic N) is 1. The number of hydrogen-bond donors (Lipinski definition) is 2. The van der Waals surface area contributed by atoms with E-state index in [4.69, 9.17) is 9.47 Å². The predicted octanol–water partition coefficient (Wildman–Crippen LogP) is 3.31. The maximum atomic E-state index is 12.8. The molecule has 1 aliphatic heterocycles. The van der Waals surface area contributed by atoms with E-state index >= 15 is 0 Å². The first-order valence-electron chi connectivity index (χ1n) is 9.25. The summed E-state index contributed by atoms with van der Waals surface area (Å²) in [5.74, 6) is 1.17. The molecule has 1 fully saturated rings. The van der Waals surface area contributed by atoms with Crippen molar-refractivity contribution >= 4 is 5.96 Å². The molecule has 1 aromatic rings. The van der Waals surface area contributed by atoms with Gasteiger partial charge >= 0.3 is 6.61 Å². The average molecular weight is 385 g/mol. The number of nitrogens with one attached hydrogen (secondary N) is 2. The van der Waals surface area contributed by atoms with E-state index in [9.17, 15) is 8.78 Å². The molecule has 2 rings (SSSR count).